The summed E-state index contributed by atoms with van der Waals surface area (Å²) in [4.78, 5) is 23.1. The number of urea groups is 1. The maximum absolute atomic E-state index is 12.8. The predicted molar refractivity (Wildman–Crippen MR) is 81.2 cm³/mol. The molecule has 0 aliphatic heterocycles. The van der Waals surface area contributed by atoms with Crippen LogP contribution in [0.1, 0.15) is 12.0 Å². The molecular formula is C15H19F3N2O5. The van der Waals surface area contributed by atoms with Crippen molar-refractivity contribution in [2.75, 3.05) is 26.7 Å². The van der Waals surface area contributed by atoms with Gasteiger partial charge in [0, 0.05) is 13.6 Å². The zero-order valence-corrected chi connectivity index (χ0v) is 13.4. The van der Waals surface area contributed by atoms with Gasteiger partial charge >= 0.3 is 18.2 Å². The third-order valence-electron chi connectivity index (χ3n) is 3.07. The number of aliphatic carboxylic acids is 1. The average molecular weight is 364 g/mol. The molecule has 0 aromatic heterocycles. The van der Waals surface area contributed by atoms with Crippen molar-refractivity contribution in [1.82, 2.24) is 10.2 Å². The van der Waals surface area contributed by atoms with Crippen LogP contribution in [0, 0.1) is 0 Å². The third kappa shape index (κ3) is 7.29. The summed E-state index contributed by atoms with van der Waals surface area (Å²) in [6, 6.07) is 3.98. The molecule has 1 unspecified atom stereocenters. The highest BCUT2D eigenvalue weighted by Crippen LogP contribution is 2.35. The number of benzene rings is 1. The molecule has 3 N–H and O–H groups in total. The van der Waals surface area contributed by atoms with Gasteiger partial charge in [0.05, 0.1) is 18.5 Å². The topological polar surface area (TPSA) is 99.1 Å². The Kier molecular flexibility index (Phi) is 7.49. The first kappa shape index (κ1) is 20.6. The molecule has 0 bridgehead atoms. The lowest BCUT2D eigenvalue weighted by molar-refractivity contribution is -0.139. The second-order valence-corrected chi connectivity index (χ2v) is 5.21. The minimum absolute atomic E-state index is 0.0793. The number of likely N-dealkylation sites (N-methyl/N-ethyl adjacent to an activating group) is 1. The maximum atomic E-state index is 12.8. The van der Waals surface area contributed by atoms with Crippen LogP contribution in [0.25, 0.3) is 0 Å². The third-order valence-corrected chi connectivity index (χ3v) is 3.07. The first-order valence-electron chi connectivity index (χ1n) is 7.29. The molecule has 0 saturated carbocycles. The van der Waals surface area contributed by atoms with Gasteiger partial charge in [0.15, 0.2) is 0 Å². The van der Waals surface area contributed by atoms with E-state index in [1.54, 1.807) is 0 Å². The largest absolute Gasteiger partial charge is 0.490 e. The van der Waals surface area contributed by atoms with Crippen LogP contribution in [0.5, 0.6) is 5.75 Å². The molecular weight excluding hydrogens is 345 g/mol. The van der Waals surface area contributed by atoms with E-state index in [0.717, 1.165) is 17.0 Å². The number of alkyl halides is 3. The molecule has 7 nitrogen and oxygen atoms in total. The Morgan fingerprint density at radius 3 is 2.56 bits per heavy atom. The zero-order chi connectivity index (χ0) is 19.0. The normalized spacial score (nSPS) is 12.4. The number of hydrogen-bond donors (Lipinski definition) is 3. The Bertz CT molecular complexity index is 595. The SMILES string of the molecule is CN(CC(O)COc1ccccc1C(F)(F)F)C(=O)NCCC(=O)O. The number of halogens is 3. The number of carboxylic acid groups (broad SMARTS) is 1. The average Bonchev–Trinajstić information content (AvgIpc) is 2.51. The number of aliphatic hydroxyl groups excluding tert-OH is 1. The Morgan fingerprint density at radius 1 is 1.32 bits per heavy atom. The molecule has 1 atom stereocenters. The van der Waals surface area contributed by atoms with Crippen molar-refractivity contribution in [3.8, 4) is 5.75 Å². The maximum Gasteiger partial charge on any atom is 0.419 e. The molecule has 0 fully saturated rings. The lowest BCUT2D eigenvalue weighted by atomic mass is 10.2. The highest BCUT2D eigenvalue weighted by Gasteiger charge is 2.34. The quantitative estimate of drug-likeness (QED) is 0.650. The van der Waals surface area contributed by atoms with Gasteiger partial charge in [0.2, 0.25) is 0 Å². The van der Waals surface area contributed by atoms with Crippen LogP contribution < -0.4 is 10.1 Å². The molecule has 0 aliphatic carbocycles. The van der Waals surface area contributed by atoms with E-state index in [4.69, 9.17) is 9.84 Å². The molecule has 0 radical (unpaired) electrons. The summed E-state index contributed by atoms with van der Waals surface area (Å²) in [5.41, 5.74) is -0.957. The summed E-state index contributed by atoms with van der Waals surface area (Å²) in [7, 11) is 1.35. The second kappa shape index (κ2) is 9.11. The molecule has 0 saturated heterocycles. The minimum atomic E-state index is -4.58. The van der Waals surface area contributed by atoms with E-state index in [9.17, 15) is 27.9 Å². The Balaban J connectivity index is 2.48. The lowest BCUT2D eigenvalue weighted by Gasteiger charge is -2.22. The van der Waals surface area contributed by atoms with Gasteiger partial charge in [-0.1, -0.05) is 12.1 Å². The van der Waals surface area contributed by atoms with E-state index < -0.39 is 42.2 Å². The van der Waals surface area contributed by atoms with Crippen LogP contribution in [-0.4, -0.2) is 60.0 Å². The van der Waals surface area contributed by atoms with Crippen molar-refractivity contribution in [2.45, 2.75) is 18.7 Å². The fourth-order valence-corrected chi connectivity index (χ4v) is 1.88. The Morgan fingerprint density at radius 2 is 1.96 bits per heavy atom. The summed E-state index contributed by atoms with van der Waals surface area (Å²) in [6.07, 6.45) is -6.06. The summed E-state index contributed by atoms with van der Waals surface area (Å²) < 4.78 is 43.5. The smallest absolute Gasteiger partial charge is 0.419 e. The molecule has 25 heavy (non-hydrogen) atoms. The van der Waals surface area contributed by atoms with E-state index in [0.29, 0.717) is 0 Å². The van der Waals surface area contributed by atoms with Gasteiger partial charge in [-0.15, -0.1) is 0 Å². The minimum Gasteiger partial charge on any atom is -0.490 e. The van der Waals surface area contributed by atoms with Gasteiger partial charge < -0.3 is 25.2 Å². The van der Waals surface area contributed by atoms with Crippen LogP contribution >= 0.6 is 0 Å². The Labute approximate surface area is 142 Å². The van der Waals surface area contributed by atoms with E-state index in [1.165, 1.54) is 19.2 Å². The number of aliphatic hydroxyl groups is 1. The van der Waals surface area contributed by atoms with Gasteiger partial charge in [-0.25, -0.2) is 4.79 Å². The fourth-order valence-electron chi connectivity index (χ4n) is 1.88. The monoisotopic (exact) mass is 364 g/mol. The predicted octanol–water partition coefficient (Wildman–Crippen LogP) is 1.56. The molecule has 0 spiro atoms. The van der Waals surface area contributed by atoms with Gasteiger partial charge in [-0.3, -0.25) is 4.79 Å². The summed E-state index contributed by atoms with van der Waals surface area (Å²) >= 11 is 0. The van der Waals surface area contributed by atoms with E-state index in [2.05, 4.69) is 5.32 Å². The number of para-hydroxylation sites is 1. The number of nitrogens with one attached hydrogen (secondary N) is 1. The lowest BCUT2D eigenvalue weighted by Crippen LogP contribution is -2.43. The van der Waals surface area contributed by atoms with Gasteiger partial charge in [-0.05, 0) is 12.1 Å². The second-order valence-electron chi connectivity index (χ2n) is 5.21. The van der Waals surface area contributed by atoms with Gasteiger partial charge in [-0.2, -0.15) is 13.2 Å². The molecule has 1 rings (SSSR count). The number of hydrogen-bond acceptors (Lipinski definition) is 4. The fraction of sp³-hybridized carbons (Fsp3) is 0.467. The van der Waals surface area contributed by atoms with Crippen LogP contribution in [-0.2, 0) is 11.0 Å². The number of rotatable bonds is 8. The molecule has 140 valence electrons. The molecule has 10 heteroatoms. The van der Waals surface area contributed by atoms with E-state index in [1.807, 2.05) is 0 Å². The van der Waals surface area contributed by atoms with Crippen molar-refractivity contribution < 1.29 is 37.7 Å². The molecule has 0 heterocycles. The first-order chi connectivity index (χ1) is 11.6. The summed E-state index contributed by atoms with van der Waals surface area (Å²) in [5.74, 6) is -1.48. The molecule has 0 aliphatic rings. The Hall–Kier alpha value is -2.49. The van der Waals surface area contributed by atoms with Crippen LogP contribution in [0.4, 0.5) is 18.0 Å². The highest BCUT2D eigenvalue weighted by atomic mass is 19.4. The number of carbonyl (C=O) groups excluding carboxylic acids is 1. The number of ether oxygens (including phenoxy) is 1. The highest BCUT2D eigenvalue weighted by molar-refractivity contribution is 5.75. The standard InChI is InChI=1S/C15H19F3N2O5/c1-20(14(24)19-7-6-13(22)23)8-10(21)9-25-12-5-3-2-4-11(12)15(16,17)18/h2-5,10,21H,6-9H2,1H3,(H,19,24)(H,22,23). The number of carboxylic acids is 1. The number of amides is 2. The summed E-state index contributed by atoms with van der Waals surface area (Å²) in [6.45, 7) is -0.725. The van der Waals surface area contributed by atoms with Crippen molar-refractivity contribution in [2.24, 2.45) is 0 Å². The molecule has 2 amide bonds. The van der Waals surface area contributed by atoms with E-state index >= 15 is 0 Å². The van der Waals surface area contributed by atoms with Crippen molar-refractivity contribution in [3.63, 3.8) is 0 Å². The number of carbonyl (C=O) groups is 2. The first-order valence-corrected chi connectivity index (χ1v) is 7.29. The van der Waals surface area contributed by atoms with Crippen LogP contribution in [0.15, 0.2) is 24.3 Å². The number of nitrogens with zero attached hydrogens (tertiary/aromatic N) is 1. The summed E-state index contributed by atoms with van der Waals surface area (Å²) in [5, 5.41) is 20.6. The van der Waals surface area contributed by atoms with Crippen molar-refractivity contribution in [3.05, 3.63) is 29.8 Å². The van der Waals surface area contributed by atoms with Gasteiger partial charge in [0.25, 0.3) is 0 Å². The zero-order valence-electron chi connectivity index (χ0n) is 13.4. The van der Waals surface area contributed by atoms with Crippen LogP contribution in [0.2, 0.25) is 0 Å². The van der Waals surface area contributed by atoms with E-state index in [-0.39, 0.29) is 19.5 Å². The molecule has 1 aromatic rings. The van der Waals surface area contributed by atoms with Gasteiger partial charge in [0.1, 0.15) is 18.5 Å². The molecule has 1 aromatic carbocycles. The van der Waals surface area contributed by atoms with Crippen molar-refractivity contribution in [1.29, 1.82) is 0 Å². The van der Waals surface area contributed by atoms with Crippen molar-refractivity contribution >= 4 is 12.0 Å². The van der Waals surface area contributed by atoms with Crippen LogP contribution in [0.3, 0.4) is 0 Å².